The van der Waals surface area contributed by atoms with E-state index >= 15 is 0 Å². The van der Waals surface area contributed by atoms with E-state index in [2.05, 4.69) is 30.1 Å². The number of benzene rings is 1. The van der Waals surface area contributed by atoms with Crippen LogP contribution >= 0.6 is 0 Å². The van der Waals surface area contributed by atoms with Gasteiger partial charge in [-0.2, -0.15) is 5.26 Å². The largest absolute Gasteiger partial charge is 0.489 e. The first kappa shape index (κ1) is 23.8. The Balaban J connectivity index is 1.23. The van der Waals surface area contributed by atoms with E-state index in [1.54, 1.807) is 11.0 Å². The molecule has 0 spiro atoms. The van der Waals surface area contributed by atoms with Crippen LogP contribution in [0.2, 0.25) is 0 Å². The van der Waals surface area contributed by atoms with Gasteiger partial charge in [-0.15, -0.1) is 0 Å². The Morgan fingerprint density at radius 1 is 1.23 bits per heavy atom. The molecular weight excluding hydrogens is 444 g/mol. The molecule has 4 aliphatic rings. The van der Waals surface area contributed by atoms with Crippen molar-refractivity contribution < 1.29 is 19.1 Å². The Morgan fingerprint density at radius 2 is 2.03 bits per heavy atom. The molecule has 1 aromatic rings. The number of ether oxygens (including phenoxy) is 1. The van der Waals surface area contributed by atoms with Crippen molar-refractivity contribution in [3.8, 4) is 11.8 Å². The van der Waals surface area contributed by atoms with Crippen LogP contribution in [0.15, 0.2) is 18.2 Å². The summed E-state index contributed by atoms with van der Waals surface area (Å²) in [6, 6.07) is 7.80. The number of fused-ring (bicyclic) bond motifs is 1. The minimum Gasteiger partial charge on any atom is -0.489 e. The number of nitrogens with one attached hydrogen (secondary N) is 1. The summed E-state index contributed by atoms with van der Waals surface area (Å²) in [5.41, 5.74) is 1.31. The number of carbonyl (C=O) groups excluding carboxylic acids is 3. The fourth-order valence-electron chi connectivity index (χ4n) is 6.53. The lowest BCUT2D eigenvalue weighted by molar-refractivity contribution is -0.136. The molecule has 2 saturated carbocycles. The number of hydrogen-bond acceptors (Lipinski definition) is 6. The van der Waals surface area contributed by atoms with E-state index in [1.807, 2.05) is 12.1 Å². The molecule has 0 bridgehead atoms. The van der Waals surface area contributed by atoms with Crippen molar-refractivity contribution in [2.24, 2.45) is 11.3 Å². The number of imide groups is 1. The highest BCUT2D eigenvalue weighted by atomic mass is 16.5. The topological polar surface area (TPSA) is 103 Å². The summed E-state index contributed by atoms with van der Waals surface area (Å²) in [6.45, 7) is 6.58. The monoisotopic (exact) mass is 478 g/mol. The number of hydrogen-bond donors (Lipinski definition) is 1. The van der Waals surface area contributed by atoms with Gasteiger partial charge in [0.2, 0.25) is 11.8 Å². The van der Waals surface area contributed by atoms with Crippen LogP contribution < -0.4 is 10.1 Å². The van der Waals surface area contributed by atoms with Gasteiger partial charge in [0.15, 0.2) is 0 Å². The summed E-state index contributed by atoms with van der Waals surface area (Å²) < 4.78 is 6.49. The lowest BCUT2D eigenvalue weighted by atomic mass is 9.64. The molecule has 2 aliphatic carbocycles. The predicted molar refractivity (Wildman–Crippen MR) is 128 cm³/mol. The second-order valence-electron chi connectivity index (χ2n) is 10.9. The van der Waals surface area contributed by atoms with Gasteiger partial charge in [-0.25, -0.2) is 0 Å². The van der Waals surface area contributed by atoms with E-state index in [1.165, 1.54) is 0 Å². The van der Waals surface area contributed by atoms with E-state index in [4.69, 9.17) is 4.74 Å². The molecule has 3 fully saturated rings. The molecule has 1 N–H and O–H groups in total. The Bertz CT molecular complexity index is 1070. The van der Waals surface area contributed by atoms with Gasteiger partial charge < -0.3 is 9.64 Å². The Hall–Kier alpha value is -2.92. The summed E-state index contributed by atoms with van der Waals surface area (Å²) in [5, 5.41) is 11.7. The van der Waals surface area contributed by atoms with Gasteiger partial charge in [-0.05, 0) is 81.7 Å². The molecule has 2 heterocycles. The molecule has 8 nitrogen and oxygen atoms in total. The summed E-state index contributed by atoms with van der Waals surface area (Å²) >= 11 is 0. The number of nitrogens with zero attached hydrogens (tertiary/aromatic N) is 3. The lowest BCUT2D eigenvalue weighted by Gasteiger charge is -2.44. The van der Waals surface area contributed by atoms with Crippen LogP contribution in [0.5, 0.6) is 5.75 Å². The molecule has 5 rings (SSSR count). The average Bonchev–Trinajstić information content (AvgIpc) is 3.40. The quantitative estimate of drug-likeness (QED) is 0.605. The highest BCUT2D eigenvalue weighted by Gasteiger charge is 2.43. The van der Waals surface area contributed by atoms with Gasteiger partial charge in [0.05, 0.1) is 11.5 Å². The SMILES string of the molecule is CCN(CC1CC(C)(C#N)C1)[C@H]1CCC[C@@H]1Oc1ccc2c(c1)CN([C@@H]1CCC(=O)NC1=O)C2=O. The van der Waals surface area contributed by atoms with Gasteiger partial charge >= 0.3 is 0 Å². The first-order valence-corrected chi connectivity index (χ1v) is 12.9. The van der Waals surface area contributed by atoms with Crippen LogP contribution in [0.4, 0.5) is 0 Å². The molecule has 8 heteroatoms. The van der Waals surface area contributed by atoms with Gasteiger partial charge in [0.25, 0.3) is 5.91 Å². The summed E-state index contributed by atoms with van der Waals surface area (Å²) in [6.07, 6.45) is 5.88. The zero-order valence-electron chi connectivity index (χ0n) is 20.6. The van der Waals surface area contributed by atoms with Crippen LogP contribution in [0.25, 0.3) is 0 Å². The maximum atomic E-state index is 13.0. The van der Waals surface area contributed by atoms with Crippen molar-refractivity contribution in [1.29, 1.82) is 5.26 Å². The van der Waals surface area contributed by atoms with Crippen molar-refractivity contribution in [3.05, 3.63) is 29.3 Å². The Morgan fingerprint density at radius 3 is 2.74 bits per heavy atom. The van der Waals surface area contributed by atoms with E-state index in [9.17, 15) is 19.6 Å². The maximum absolute atomic E-state index is 13.0. The standard InChI is InChI=1S/C27H34N4O4/c1-3-30(14-17-12-27(2,13-17)16-28)21-5-4-6-23(21)35-19-7-8-20-18(11-19)15-31(26(20)34)22-9-10-24(32)29-25(22)33/h7-8,11,17,21-23H,3-6,9-10,12-15H2,1-2H3,(H,29,32,33)/t17?,21-,22+,23-,27?/m0/s1. The van der Waals surface area contributed by atoms with Gasteiger partial charge in [-0.3, -0.25) is 24.6 Å². The molecule has 186 valence electrons. The van der Waals surface area contributed by atoms with Crippen molar-refractivity contribution in [3.63, 3.8) is 0 Å². The van der Waals surface area contributed by atoms with Crippen LogP contribution in [0.1, 0.15) is 74.7 Å². The molecule has 3 atom stereocenters. The first-order chi connectivity index (χ1) is 16.8. The highest BCUT2D eigenvalue weighted by molar-refractivity contribution is 6.05. The van der Waals surface area contributed by atoms with Crippen molar-refractivity contribution in [2.75, 3.05) is 13.1 Å². The van der Waals surface area contributed by atoms with Crippen molar-refractivity contribution in [1.82, 2.24) is 15.1 Å². The fourth-order valence-corrected chi connectivity index (χ4v) is 6.53. The van der Waals surface area contributed by atoms with Crippen molar-refractivity contribution >= 4 is 17.7 Å². The molecule has 0 unspecified atom stereocenters. The van der Waals surface area contributed by atoms with Crippen molar-refractivity contribution in [2.45, 2.75) is 83.5 Å². The van der Waals surface area contributed by atoms with Gasteiger partial charge in [-0.1, -0.05) is 6.92 Å². The number of carbonyl (C=O) groups is 3. The smallest absolute Gasteiger partial charge is 0.255 e. The minimum absolute atomic E-state index is 0.0961. The second-order valence-corrected chi connectivity index (χ2v) is 10.9. The van der Waals surface area contributed by atoms with Gasteiger partial charge in [0, 0.05) is 31.1 Å². The minimum atomic E-state index is -0.608. The van der Waals surface area contributed by atoms with Crippen LogP contribution in [-0.2, 0) is 16.1 Å². The number of piperidine rings is 1. The lowest BCUT2D eigenvalue weighted by Crippen LogP contribution is -2.52. The normalized spacial score (nSPS) is 32.3. The molecule has 1 aromatic carbocycles. The number of rotatable bonds is 7. The summed E-state index contributed by atoms with van der Waals surface area (Å²) in [7, 11) is 0. The zero-order valence-corrected chi connectivity index (χ0v) is 20.6. The Kier molecular flexibility index (Phi) is 6.30. The third kappa shape index (κ3) is 4.54. The van der Waals surface area contributed by atoms with E-state index < -0.39 is 11.9 Å². The molecular formula is C27H34N4O4. The molecule has 35 heavy (non-hydrogen) atoms. The molecule has 2 aliphatic heterocycles. The maximum Gasteiger partial charge on any atom is 0.255 e. The molecule has 0 radical (unpaired) electrons. The molecule has 3 amide bonds. The molecule has 1 saturated heterocycles. The van der Waals surface area contributed by atoms with E-state index in [-0.39, 0.29) is 29.8 Å². The second kappa shape index (κ2) is 9.27. The van der Waals surface area contributed by atoms with E-state index in [0.717, 1.165) is 56.5 Å². The summed E-state index contributed by atoms with van der Waals surface area (Å²) in [5.74, 6) is 0.492. The number of likely N-dealkylation sites (N-methyl/N-ethyl adjacent to an activating group) is 1. The highest BCUT2D eigenvalue weighted by Crippen LogP contribution is 2.45. The number of amides is 3. The van der Waals surface area contributed by atoms with Crippen LogP contribution in [0.3, 0.4) is 0 Å². The third-order valence-electron chi connectivity index (χ3n) is 8.32. The van der Waals surface area contributed by atoms with Crippen LogP contribution in [0, 0.1) is 22.7 Å². The van der Waals surface area contributed by atoms with Gasteiger partial charge in [0.1, 0.15) is 17.9 Å². The van der Waals surface area contributed by atoms with Crippen LogP contribution in [-0.4, -0.2) is 58.8 Å². The zero-order chi connectivity index (χ0) is 24.7. The van der Waals surface area contributed by atoms with E-state index in [0.29, 0.717) is 30.5 Å². The Labute approximate surface area is 206 Å². The third-order valence-corrected chi connectivity index (χ3v) is 8.32. The molecule has 0 aromatic heterocycles. The number of nitriles is 1. The summed E-state index contributed by atoms with van der Waals surface area (Å²) in [4.78, 5) is 40.8. The first-order valence-electron chi connectivity index (χ1n) is 12.9. The average molecular weight is 479 g/mol. The predicted octanol–water partition coefficient (Wildman–Crippen LogP) is 3.01. The fraction of sp³-hybridized carbons (Fsp3) is 0.630.